The molecule has 0 saturated carbocycles. The van der Waals surface area contributed by atoms with Crippen molar-refractivity contribution in [1.29, 1.82) is 0 Å². The van der Waals surface area contributed by atoms with Crippen molar-refractivity contribution >= 4 is 15.9 Å². The Kier molecular flexibility index (Phi) is 7.16. The average molecular weight is 355 g/mol. The van der Waals surface area contributed by atoms with Gasteiger partial charge < -0.3 is 15.4 Å². The number of rotatable bonds is 8. The molecule has 1 aliphatic rings. The van der Waals surface area contributed by atoms with E-state index in [9.17, 15) is 13.2 Å². The Morgan fingerprint density at radius 3 is 2.79 bits per heavy atom. The SMILES string of the molecule is COCCNS(=O)(=O)c1cccc(CNC(=O)C2CCNCC2)c1. The maximum absolute atomic E-state index is 12.2. The molecule has 2 rings (SSSR count). The second-order valence-corrected chi connectivity index (χ2v) is 7.55. The van der Waals surface area contributed by atoms with Gasteiger partial charge >= 0.3 is 0 Å². The normalized spacial score (nSPS) is 16.0. The summed E-state index contributed by atoms with van der Waals surface area (Å²) in [6, 6.07) is 6.60. The van der Waals surface area contributed by atoms with E-state index < -0.39 is 10.0 Å². The monoisotopic (exact) mass is 355 g/mol. The van der Waals surface area contributed by atoms with Gasteiger partial charge in [0.05, 0.1) is 11.5 Å². The zero-order valence-corrected chi connectivity index (χ0v) is 14.7. The van der Waals surface area contributed by atoms with Crippen LogP contribution in [0.15, 0.2) is 29.2 Å². The lowest BCUT2D eigenvalue weighted by Crippen LogP contribution is -2.37. The minimum atomic E-state index is -3.57. The van der Waals surface area contributed by atoms with Gasteiger partial charge in [-0.1, -0.05) is 12.1 Å². The number of amides is 1. The molecule has 1 aromatic rings. The van der Waals surface area contributed by atoms with E-state index in [1.54, 1.807) is 18.2 Å². The van der Waals surface area contributed by atoms with Crippen LogP contribution in [-0.2, 0) is 26.1 Å². The summed E-state index contributed by atoms with van der Waals surface area (Å²) in [6.07, 6.45) is 1.67. The second-order valence-electron chi connectivity index (χ2n) is 5.78. The van der Waals surface area contributed by atoms with Crippen molar-refractivity contribution in [2.24, 2.45) is 5.92 Å². The third-order valence-electron chi connectivity index (χ3n) is 3.98. The van der Waals surface area contributed by atoms with Crippen molar-refractivity contribution < 1.29 is 17.9 Å². The van der Waals surface area contributed by atoms with Crippen LogP contribution in [0.5, 0.6) is 0 Å². The van der Waals surface area contributed by atoms with Crippen molar-refractivity contribution in [2.45, 2.75) is 24.3 Å². The third kappa shape index (κ3) is 5.55. The summed E-state index contributed by atoms with van der Waals surface area (Å²) < 4.78 is 31.7. The van der Waals surface area contributed by atoms with Crippen molar-refractivity contribution in [3.63, 3.8) is 0 Å². The number of carbonyl (C=O) groups excluding carboxylic acids is 1. The fourth-order valence-corrected chi connectivity index (χ4v) is 3.68. The van der Waals surface area contributed by atoms with Gasteiger partial charge in [0, 0.05) is 26.1 Å². The molecule has 7 nitrogen and oxygen atoms in total. The van der Waals surface area contributed by atoms with Crippen LogP contribution in [0.25, 0.3) is 0 Å². The van der Waals surface area contributed by atoms with E-state index in [1.165, 1.54) is 13.2 Å². The summed E-state index contributed by atoms with van der Waals surface area (Å²) in [5, 5.41) is 6.12. The van der Waals surface area contributed by atoms with E-state index in [0.717, 1.165) is 31.5 Å². The van der Waals surface area contributed by atoms with Gasteiger partial charge in [-0.05, 0) is 43.6 Å². The van der Waals surface area contributed by atoms with Gasteiger partial charge in [0.25, 0.3) is 0 Å². The van der Waals surface area contributed by atoms with Gasteiger partial charge in [0.2, 0.25) is 15.9 Å². The molecule has 8 heteroatoms. The van der Waals surface area contributed by atoms with E-state index in [0.29, 0.717) is 13.2 Å². The van der Waals surface area contributed by atoms with Gasteiger partial charge in [-0.3, -0.25) is 4.79 Å². The Labute approximate surface area is 143 Å². The van der Waals surface area contributed by atoms with E-state index in [2.05, 4.69) is 15.4 Å². The average Bonchev–Trinajstić information content (AvgIpc) is 2.61. The van der Waals surface area contributed by atoms with Gasteiger partial charge in [-0.15, -0.1) is 0 Å². The van der Waals surface area contributed by atoms with Gasteiger partial charge in [-0.2, -0.15) is 0 Å². The first kappa shape index (κ1) is 18.9. The van der Waals surface area contributed by atoms with Crippen molar-refractivity contribution in [3.8, 4) is 0 Å². The zero-order valence-electron chi connectivity index (χ0n) is 13.9. The summed E-state index contributed by atoms with van der Waals surface area (Å²) in [7, 11) is -2.05. The molecule has 0 radical (unpaired) electrons. The fourth-order valence-electron chi connectivity index (χ4n) is 2.60. The molecule has 0 atom stereocenters. The number of hydrogen-bond acceptors (Lipinski definition) is 5. The Bertz CT molecular complexity index is 642. The van der Waals surface area contributed by atoms with Crippen LogP contribution in [0, 0.1) is 5.92 Å². The Hall–Kier alpha value is -1.48. The minimum absolute atomic E-state index is 0.0305. The molecule has 1 saturated heterocycles. The van der Waals surface area contributed by atoms with Gasteiger partial charge in [-0.25, -0.2) is 13.1 Å². The van der Waals surface area contributed by atoms with Crippen molar-refractivity contribution in [2.75, 3.05) is 33.4 Å². The first-order valence-corrected chi connectivity index (χ1v) is 9.57. The molecule has 1 fully saturated rings. The summed E-state index contributed by atoms with van der Waals surface area (Å²) >= 11 is 0. The van der Waals surface area contributed by atoms with E-state index >= 15 is 0 Å². The molecule has 0 aromatic heterocycles. The number of hydrogen-bond donors (Lipinski definition) is 3. The van der Waals surface area contributed by atoms with Crippen LogP contribution >= 0.6 is 0 Å². The maximum atomic E-state index is 12.2. The first-order valence-electron chi connectivity index (χ1n) is 8.09. The lowest BCUT2D eigenvalue weighted by atomic mass is 9.97. The molecule has 134 valence electrons. The van der Waals surface area contributed by atoms with E-state index in [1.807, 2.05) is 0 Å². The molecule has 1 heterocycles. The largest absolute Gasteiger partial charge is 0.383 e. The van der Waals surface area contributed by atoms with Gasteiger partial charge in [0.15, 0.2) is 0 Å². The lowest BCUT2D eigenvalue weighted by molar-refractivity contribution is -0.125. The number of benzene rings is 1. The number of ether oxygens (including phenoxy) is 1. The number of sulfonamides is 1. The Balaban J connectivity index is 1.93. The molecule has 24 heavy (non-hydrogen) atoms. The number of methoxy groups -OCH3 is 1. The number of nitrogens with one attached hydrogen (secondary N) is 3. The predicted molar refractivity (Wildman–Crippen MR) is 90.9 cm³/mol. The molecule has 1 amide bonds. The second kappa shape index (κ2) is 9.12. The van der Waals surface area contributed by atoms with Crippen LogP contribution in [0.3, 0.4) is 0 Å². The first-order chi connectivity index (χ1) is 11.5. The Morgan fingerprint density at radius 2 is 2.08 bits per heavy atom. The highest BCUT2D eigenvalue weighted by Crippen LogP contribution is 2.14. The molecule has 0 aliphatic carbocycles. The highest BCUT2D eigenvalue weighted by Gasteiger charge is 2.20. The number of piperidine rings is 1. The van der Waals surface area contributed by atoms with E-state index in [-0.39, 0.29) is 23.3 Å². The van der Waals surface area contributed by atoms with Crippen LogP contribution in [0.1, 0.15) is 18.4 Å². The summed E-state index contributed by atoms with van der Waals surface area (Å²) in [6.45, 7) is 2.57. The molecule has 1 aliphatic heterocycles. The summed E-state index contributed by atoms with van der Waals surface area (Å²) in [4.78, 5) is 12.3. The van der Waals surface area contributed by atoms with Crippen LogP contribution < -0.4 is 15.4 Å². The quantitative estimate of drug-likeness (QED) is 0.580. The van der Waals surface area contributed by atoms with Crippen LogP contribution in [0.4, 0.5) is 0 Å². The lowest BCUT2D eigenvalue weighted by Gasteiger charge is -2.21. The topological polar surface area (TPSA) is 96.5 Å². The van der Waals surface area contributed by atoms with Crippen LogP contribution in [-0.4, -0.2) is 47.7 Å². The zero-order chi connectivity index (χ0) is 17.4. The summed E-state index contributed by atoms with van der Waals surface area (Å²) in [5.41, 5.74) is 0.756. The molecule has 1 aromatic carbocycles. The minimum Gasteiger partial charge on any atom is -0.383 e. The third-order valence-corrected chi connectivity index (χ3v) is 5.44. The molecule has 0 bridgehead atoms. The molecular weight excluding hydrogens is 330 g/mol. The standard InChI is InChI=1S/C16H25N3O4S/c1-23-10-9-19-24(21,22)15-4-2-3-13(11-15)12-18-16(20)14-5-7-17-8-6-14/h2-4,11,14,17,19H,5-10,12H2,1H3,(H,18,20). The molecular formula is C16H25N3O4S. The van der Waals surface area contributed by atoms with Crippen molar-refractivity contribution in [3.05, 3.63) is 29.8 Å². The van der Waals surface area contributed by atoms with Gasteiger partial charge in [0.1, 0.15) is 0 Å². The van der Waals surface area contributed by atoms with Crippen LogP contribution in [0.2, 0.25) is 0 Å². The Morgan fingerprint density at radius 1 is 1.33 bits per heavy atom. The molecule has 3 N–H and O–H groups in total. The smallest absolute Gasteiger partial charge is 0.240 e. The van der Waals surface area contributed by atoms with Crippen molar-refractivity contribution in [1.82, 2.24) is 15.4 Å². The van der Waals surface area contributed by atoms with E-state index in [4.69, 9.17) is 4.74 Å². The molecule has 0 unspecified atom stereocenters. The maximum Gasteiger partial charge on any atom is 0.240 e. The molecule has 0 spiro atoms. The predicted octanol–water partition coefficient (Wildman–Crippen LogP) is 0.227. The number of carbonyl (C=O) groups is 1. The highest BCUT2D eigenvalue weighted by atomic mass is 32.2. The fraction of sp³-hybridized carbons (Fsp3) is 0.562. The highest BCUT2D eigenvalue weighted by molar-refractivity contribution is 7.89. The summed E-state index contributed by atoms with van der Waals surface area (Å²) in [5.74, 6) is 0.0665.